The fourth-order valence-electron chi connectivity index (χ4n) is 9.16. The average molecular weight is 802 g/mol. The summed E-state index contributed by atoms with van der Waals surface area (Å²) in [5.41, 5.74) is -1.19. The first-order valence-corrected chi connectivity index (χ1v) is 20.9. The fraction of sp³-hybridized carbons (Fsp3) is 0.636. The van der Waals surface area contributed by atoms with Crippen molar-refractivity contribution in [2.24, 2.45) is 34.5 Å². The van der Waals surface area contributed by atoms with E-state index < -0.39 is 40.8 Å². The minimum Gasteiger partial charge on any atom is -0.491 e. The van der Waals surface area contributed by atoms with Crippen molar-refractivity contribution in [1.29, 1.82) is 0 Å². The van der Waals surface area contributed by atoms with Crippen LogP contribution in [0, 0.1) is 34.5 Å². The molecule has 58 heavy (non-hydrogen) atoms. The maximum absolute atomic E-state index is 14.8. The Morgan fingerprint density at radius 2 is 1.78 bits per heavy atom. The molecule has 314 valence electrons. The van der Waals surface area contributed by atoms with E-state index in [0.717, 1.165) is 12.8 Å². The molecule has 3 aliphatic carbocycles. The third-order valence-corrected chi connectivity index (χ3v) is 12.6. The van der Waals surface area contributed by atoms with Crippen LogP contribution in [0.2, 0.25) is 0 Å². The van der Waals surface area contributed by atoms with E-state index in [1.807, 2.05) is 65.8 Å². The van der Waals surface area contributed by atoms with E-state index in [4.69, 9.17) is 23.9 Å². The molecular weight excluding hydrogens is 743 g/mol. The van der Waals surface area contributed by atoms with Gasteiger partial charge in [-0.1, -0.05) is 34.1 Å². The number of carbonyl (C=O) groups is 4. The van der Waals surface area contributed by atoms with Gasteiger partial charge in [-0.15, -0.1) is 5.10 Å². The summed E-state index contributed by atoms with van der Waals surface area (Å²) in [6.45, 7) is 12.6. The first kappa shape index (κ1) is 41.4. The van der Waals surface area contributed by atoms with Crippen molar-refractivity contribution in [1.82, 2.24) is 19.7 Å². The van der Waals surface area contributed by atoms with E-state index in [-0.39, 0.29) is 55.6 Å². The number of anilines is 1. The molecule has 1 unspecified atom stereocenters. The van der Waals surface area contributed by atoms with Gasteiger partial charge in [0.05, 0.1) is 42.5 Å². The van der Waals surface area contributed by atoms with E-state index in [9.17, 15) is 24.3 Å². The Labute approximate surface area is 340 Å². The molecular formula is C44H59N5O9. The van der Waals surface area contributed by atoms with E-state index in [1.54, 1.807) is 29.0 Å². The van der Waals surface area contributed by atoms with Crippen LogP contribution >= 0.6 is 0 Å². The molecule has 3 heterocycles. The summed E-state index contributed by atoms with van der Waals surface area (Å²) in [5.74, 6) is 0.607. The summed E-state index contributed by atoms with van der Waals surface area (Å²) < 4.78 is 25.4. The molecule has 3 saturated carbocycles. The molecule has 14 heteroatoms. The molecule has 3 aromatic rings. The number of benzene rings is 1. The number of fused-ring (bicyclic) bond motifs is 2. The lowest BCUT2D eigenvalue weighted by Crippen LogP contribution is -2.48. The summed E-state index contributed by atoms with van der Waals surface area (Å²) in [7, 11) is 1.61. The van der Waals surface area contributed by atoms with E-state index in [2.05, 4.69) is 10.4 Å². The van der Waals surface area contributed by atoms with Gasteiger partial charge in [-0.25, -0.2) is 9.67 Å². The van der Waals surface area contributed by atoms with Crippen LogP contribution in [-0.2, 0) is 28.7 Å². The molecule has 4 fully saturated rings. The summed E-state index contributed by atoms with van der Waals surface area (Å²) in [4.78, 5) is 61.5. The third kappa shape index (κ3) is 8.96. The number of carboxylic acids is 1. The van der Waals surface area contributed by atoms with Crippen molar-refractivity contribution in [2.75, 3.05) is 32.2 Å². The minimum atomic E-state index is -1.14. The van der Waals surface area contributed by atoms with Crippen molar-refractivity contribution < 1.29 is 43.2 Å². The number of rotatable bonds is 18. The monoisotopic (exact) mass is 801 g/mol. The smallest absolute Gasteiger partial charge is 0.310 e. The highest BCUT2D eigenvalue weighted by Gasteiger charge is 2.61. The number of pyridine rings is 1. The Morgan fingerprint density at radius 1 is 1.02 bits per heavy atom. The Kier molecular flexibility index (Phi) is 11.8. The number of nitrogens with one attached hydrogen (secondary N) is 1. The first-order chi connectivity index (χ1) is 27.6. The number of Topliss-reactive ketones (excluding diaryl/α,β-unsaturated/α-hetero) is 1. The predicted molar refractivity (Wildman–Crippen MR) is 216 cm³/mol. The molecule has 7 rings (SSSR count). The van der Waals surface area contributed by atoms with E-state index in [0.29, 0.717) is 71.9 Å². The first-order valence-electron chi connectivity index (χ1n) is 20.9. The molecule has 1 saturated heterocycles. The van der Waals surface area contributed by atoms with E-state index >= 15 is 0 Å². The highest BCUT2D eigenvalue weighted by molar-refractivity contribution is 5.95. The normalized spacial score (nSPS) is 26.7. The van der Waals surface area contributed by atoms with Crippen LogP contribution in [0.15, 0.2) is 36.5 Å². The molecule has 0 spiro atoms. The average Bonchev–Trinajstić information content (AvgIpc) is 3.83. The zero-order valence-corrected chi connectivity index (χ0v) is 34.9. The van der Waals surface area contributed by atoms with Gasteiger partial charge in [0.1, 0.15) is 36.1 Å². The predicted octanol–water partition coefficient (Wildman–Crippen LogP) is 6.47. The maximum atomic E-state index is 14.8. The summed E-state index contributed by atoms with van der Waals surface area (Å²) in [5, 5.41) is 18.9. The number of ketones is 1. The van der Waals surface area contributed by atoms with Gasteiger partial charge in [-0.2, -0.15) is 0 Å². The molecule has 2 N–H and O–H groups in total. The van der Waals surface area contributed by atoms with Gasteiger partial charge in [-0.05, 0) is 74.8 Å². The second-order valence-electron chi connectivity index (χ2n) is 18.3. The number of amides is 1. The van der Waals surface area contributed by atoms with Gasteiger partial charge in [-0.3, -0.25) is 19.2 Å². The number of esters is 1. The molecule has 8 atom stereocenters. The van der Waals surface area contributed by atoms with Crippen molar-refractivity contribution in [2.45, 2.75) is 117 Å². The number of likely N-dealkylation sites (tertiary alicyclic amines) is 1. The number of ether oxygens (including phenoxy) is 4. The Hall–Kier alpha value is -4.72. The molecule has 0 radical (unpaired) electrons. The second kappa shape index (κ2) is 16.5. The SMILES string of the molecule is CC[C@@H]1C[C@]1(CC(=O)[C@@H]1C[C@@H](Oc2cc(-n3ccc(NC(C)C)n3)nc3cc(OCCOC)ccc23)CN1C(=O)[C@@H](CC(=O)OC1C[C@@H]2C[C@@H]2C1)C(C)(C)C)C(=O)O. The zero-order valence-electron chi connectivity index (χ0n) is 34.9. The van der Waals surface area contributed by atoms with Crippen molar-refractivity contribution >= 4 is 40.3 Å². The lowest BCUT2D eigenvalue weighted by molar-refractivity contribution is -0.157. The number of methoxy groups -OCH3 is 1. The standard InChI is InChI=1S/C44H59N5O9/c1-8-28-22-44(28,42(53)54)23-36(50)35-19-31(24-48(35)41(52)33(43(4,5)6)20-40(51)58-30-16-26-15-27(26)17-30)57-37-21-39(49-12-11-38(47-49)45-25(2)3)46-34-18-29(9-10-32(34)37)56-14-13-55-7/h9-12,18,21,25-28,30-31,33,35H,8,13-17,19-20,22-24H2,1-7H3,(H,45,47)(H,53,54)/t26-,27+,28-,30?,31-,33-,35+,44-/m1/s1. The highest BCUT2D eigenvalue weighted by atomic mass is 16.5. The van der Waals surface area contributed by atoms with Crippen LogP contribution in [-0.4, -0.2) is 99.6 Å². The van der Waals surface area contributed by atoms with Gasteiger partial charge in [0.25, 0.3) is 0 Å². The third-order valence-electron chi connectivity index (χ3n) is 12.6. The highest BCUT2D eigenvalue weighted by Crippen LogP contribution is 2.58. The maximum Gasteiger partial charge on any atom is 0.310 e. The fourth-order valence-corrected chi connectivity index (χ4v) is 9.16. The number of hydrogen-bond acceptors (Lipinski definition) is 11. The number of aliphatic carboxylic acids is 1. The Bertz CT molecular complexity index is 2020. The summed E-state index contributed by atoms with van der Waals surface area (Å²) >= 11 is 0. The lowest BCUT2D eigenvalue weighted by Gasteiger charge is -2.35. The number of aromatic nitrogens is 3. The molecule has 0 bridgehead atoms. The number of nitrogens with zero attached hydrogens (tertiary/aromatic N) is 4. The Balaban J connectivity index is 1.19. The number of carboxylic acid groups (broad SMARTS) is 1. The van der Waals surface area contributed by atoms with Crippen molar-refractivity contribution in [3.8, 4) is 17.3 Å². The van der Waals surface area contributed by atoms with Gasteiger partial charge in [0.15, 0.2) is 11.6 Å². The van der Waals surface area contributed by atoms with Gasteiger partial charge < -0.3 is 34.3 Å². The van der Waals surface area contributed by atoms with Crippen LogP contribution < -0.4 is 14.8 Å². The Morgan fingerprint density at radius 3 is 2.43 bits per heavy atom. The zero-order chi connectivity index (χ0) is 41.5. The molecule has 1 aliphatic heterocycles. The van der Waals surface area contributed by atoms with Crippen LogP contribution in [0.1, 0.15) is 92.9 Å². The van der Waals surface area contributed by atoms with Crippen LogP contribution in [0.4, 0.5) is 5.82 Å². The van der Waals surface area contributed by atoms with Crippen molar-refractivity contribution in [3.63, 3.8) is 0 Å². The van der Waals surface area contributed by atoms with Gasteiger partial charge in [0.2, 0.25) is 5.91 Å². The quantitative estimate of drug-likeness (QED) is 0.106. The summed E-state index contributed by atoms with van der Waals surface area (Å²) in [6.07, 6.45) is 4.96. The second-order valence-corrected chi connectivity index (χ2v) is 18.3. The van der Waals surface area contributed by atoms with Crippen LogP contribution in [0.3, 0.4) is 0 Å². The van der Waals surface area contributed by atoms with Crippen LogP contribution in [0.5, 0.6) is 11.5 Å². The molecule has 1 amide bonds. The minimum absolute atomic E-state index is 0.0711. The molecule has 1 aromatic carbocycles. The largest absolute Gasteiger partial charge is 0.491 e. The van der Waals surface area contributed by atoms with Crippen molar-refractivity contribution in [3.05, 3.63) is 36.5 Å². The summed E-state index contributed by atoms with van der Waals surface area (Å²) in [6, 6.07) is 8.40. The molecule has 14 nitrogen and oxygen atoms in total. The van der Waals surface area contributed by atoms with Crippen LogP contribution in [0.25, 0.3) is 16.7 Å². The topological polar surface area (TPSA) is 171 Å². The number of carbonyl (C=O) groups excluding carboxylic acids is 3. The molecule has 4 aliphatic rings. The lowest BCUT2D eigenvalue weighted by atomic mass is 9.77. The van der Waals surface area contributed by atoms with Gasteiger partial charge in [0, 0.05) is 55.8 Å². The molecule has 2 aromatic heterocycles. The number of hydrogen-bond donors (Lipinski definition) is 2. The van der Waals surface area contributed by atoms with E-state index in [1.165, 1.54) is 6.42 Å². The van der Waals surface area contributed by atoms with Gasteiger partial charge >= 0.3 is 11.9 Å².